The third-order valence-electron chi connectivity index (χ3n) is 4.03. The van der Waals surface area contributed by atoms with Crippen molar-refractivity contribution in [3.05, 3.63) is 53.2 Å². The van der Waals surface area contributed by atoms with Crippen LogP contribution in [-0.2, 0) is 11.3 Å². The minimum Gasteiger partial charge on any atom is -0.363 e. The molecule has 0 unspecified atom stereocenters. The summed E-state index contributed by atoms with van der Waals surface area (Å²) in [5.74, 6) is 2.29. The maximum absolute atomic E-state index is 11.9. The molecule has 0 saturated heterocycles. The molecule has 0 spiro atoms. The van der Waals surface area contributed by atoms with E-state index in [0.717, 1.165) is 27.2 Å². The molecule has 2 N–H and O–H groups in total. The number of thioether (sulfide) groups is 1. The van der Waals surface area contributed by atoms with E-state index in [9.17, 15) is 4.79 Å². The molecule has 0 aliphatic carbocycles. The second-order valence-electron chi connectivity index (χ2n) is 6.92. The number of hydrogen-bond acceptors (Lipinski definition) is 5. The lowest BCUT2D eigenvalue weighted by molar-refractivity contribution is -0.127. The van der Waals surface area contributed by atoms with Crippen LogP contribution in [0.3, 0.4) is 0 Å². The van der Waals surface area contributed by atoms with Crippen LogP contribution < -0.4 is 15.5 Å². The Morgan fingerprint density at radius 3 is 2.50 bits per heavy atom. The number of pyridine rings is 1. The van der Waals surface area contributed by atoms with Gasteiger partial charge in [-0.15, -0.1) is 11.8 Å². The van der Waals surface area contributed by atoms with Gasteiger partial charge in [-0.05, 0) is 36.4 Å². The van der Waals surface area contributed by atoms with E-state index in [2.05, 4.69) is 20.6 Å². The first-order valence-corrected chi connectivity index (χ1v) is 11.0. The number of guanidine groups is 1. The third kappa shape index (κ3) is 8.51. The molecule has 7 nitrogen and oxygen atoms in total. The van der Waals surface area contributed by atoms with E-state index in [-0.39, 0.29) is 12.5 Å². The molecule has 1 aromatic carbocycles. The Kier molecular flexibility index (Phi) is 9.76. The van der Waals surface area contributed by atoms with Crippen molar-refractivity contribution in [3.8, 4) is 0 Å². The molecule has 1 heterocycles. The van der Waals surface area contributed by atoms with Gasteiger partial charge in [0, 0.05) is 50.4 Å². The molecule has 0 fully saturated rings. The van der Waals surface area contributed by atoms with Crippen LogP contribution in [0, 0.1) is 0 Å². The fourth-order valence-corrected chi connectivity index (χ4v) is 3.22. The van der Waals surface area contributed by atoms with Crippen molar-refractivity contribution in [1.82, 2.24) is 20.5 Å². The molecule has 162 valence electrons. The lowest BCUT2D eigenvalue weighted by Crippen LogP contribution is -2.43. The number of anilines is 1. The van der Waals surface area contributed by atoms with E-state index in [4.69, 9.17) is 11.6 Å². The van der Waals surface area contributed by atoms with Crippen molar-refractivity contribution in [2.75, 3.05) is 51.9 Å². The number of nitrogens with one attached hydrogen (secondary N) is 2. The van der Waals surface area contributed by atoms with Gasteiger partial charge in [0.05, 0.1) is 18.8 Å². The molecule has 2 rings (SSSR count). The number of nitrogens with zero attached hydrogens (tertiary/aromatic N) is 4. The fourth-order valence-electron chi connectivity index (χ4n) is 2.32. The molecule has 0 bridgehead atoms. The van der Waals surface area contributed by atoms with Crippen LogP contribution in [0.4, 0.5) is 5.82 Å². The van der Waals surface area contributed by atoms with E-state index in [1.807, 2.05) is 61.5 Å². The van der Waals surface area contributed by atoms with Crippen molar-refractivity contribution in [3.63, 3.8) is 0 Å². The van der Waals surface area contributed by atoms with Crippen LogP contribution in [0.2, 0.25) is 5.02 Å². The van der Waals surface area contributed by atoms with Gasteiger partial charge in [-0.2, -0.15) is 0 Å². The zero-order chi connectivity index (χ0) is 21.9. The van der Waals surface area contributed by atoms with E-state index in [0.29, 0.717) is 19.0 Å². The molecule has 0 saturated carbocycles. The van der Waals surface area contributed by atoms with Gasteiger partial charge < -0.3 is 20.4 Å². The van der Waals surface area contributed by atoms with Crippen molar-refractivity contribution in [1.29, 1.82) is 0 Å². The molecule has 9 heteroatoms. The van der Waals surface area contributed by atoms with Crippen molar-refractivity contribution in [2.45, 2.75) is 11.4 Å². The highest BCUT2D eigenvalue weighted by atomic mass is 35.5. The van der Waals surface area contributed by atoms with Crippen LogP contribution in [0.25, 0.3) is 0 Å². The highest BCUT2D eigenvalue weighted by molar-refractivity contribution is 7.99. The van der Waals surface area contributed by atoms with E-state index in [1.165, 1.54) is 0 Å². The van der Waals surface area contributed by atoms with Crippen LogP contribution in [0.15, 0.2) is 52.4 Å². The van der Waals surface area contributed by atoms with E-state index in [1.54, 1.807) is 30.8 Å². The number of aromatic nitrogens is 1. The number of rotatable bonds is 9. The maximum atomic E-state index is 11.9. The zero-order valence-corrected chi connectivity index (χ0v) is 19.4. The average molecular weight is 449 g/mol. The Bertz CT molecular complexity index is 842. The number of benzene rings is 1. The van der Waals surface area contributed by atoms with Gasteiger partial charge in [0.2, 0.25) is 5.91 Å². The maximum Gasteiger partial charge on any atom is 0.241 e. The summed E-state index contributed by atoms with van der Waals surface area (Å²) in [6, 6.07) is 13.6. The monoisotopic (exact) mass is 448 g/mol. The molecule has 0 aliphatic heterocycles. The summed E-state index contributed by atoms with van der Waals surface area (Å²) in [6.07, 6.45) is 0. The van der Waals surface area contributed by atoms with Crippen LogP contribution in [0.5, 0.6) is 0 Å². The van der Waals surface area contributed by atoms with Gasteiger partial charge in [-0.25, -0.2) is 9.98 Å². The molecule has 30 heavy (non-hydrogen) atoms. The topological polar surface area (TPSA) is 72.9 Å². The summed E-state index contributed by atoms with van der Waals surface area (Å²) in [5.41, 5.74) is 0.858. The van der Waals surface area contributed by atoms with Crippen LogP contribution in [0.1, 0.15) is 5.69 Å². The standard InChI is InChI=1S/C21H29ClN6OS/c1-27(2)19-7-5-6-17(26-19)14-24-21(25-15-20(29)28(3)4)23-12-13-30-18-10-8-16(22)9-11-18/h5-11H,12-15H2,1-4H3,(H2,23,24,25). The van der Waals surface area contributed by atoms with Crippen LogP contribution >= 0.6 is 23.4 Å². The second-order valence-corrected chi connectivity index (χ2v) is 8.52. The first kappa shape index (κ1) is 23.8. The number of carbonyl (C=O) groups is 1. The van der Waals surface area contributed by atoms with E-state index < -0.39 is 0 Å². The normalized spacial score (nSPS) is 11.2. The Morgan fingerprint density at radius 2 is 1.83 bits per heavy atom. The molecule has 1 amide bonds. The number of hydrogen-bond donors (Lipinski definition) is 2. The zero-order valence-electron chi connectivity index (χ0n) is 17.9. The second kappa shape index (κ2) is 12.3. The van der Waals surface area contributed by atoms with Crippen molar-refractivity contribution >= 4 is 41.0 Å². The minimum atomic E-state index is -0.0206. The summed E-state index contributed by atoms with van der Waals surface area (Å²) in [4.78, 5) is 25.8. The van der Waals surface area contributed by atoms with Gasteiger partial charge in [-0.3, -0.25) is 4.79 Å². The van der Waals surface area contributed by atoms with Gasteiger partial charge in [-0.1, -0.05) is 17.7 Å². The smallest absolute Gasteiger partial charge is 0.241 e. The first-order chi connectivity index (χ1) is 14.3. The minimum absolute atomic E-state index is 0.0206. The third-order valence-corrected chi connectivity index (χ3v) is 5.30. The Morgan fingerprint density at radius 1 is 1.10 bits per heavy atom. The first-order valence-electron chi connectivity index (χ1n) is 9.59. The molecular weight excluding hydrogens is 420 g/mol. The molecule has 1 aromatic heterocycles. The average Bonchev–Trinajstić information content (AvgIpc) is 2.73. The Hall–Kier alpha value is -2.45. The van der Waals surface area contributed by atoms with Gasteiger partial charge in [0.15, 0.2) is 5.96 Å². The molecule has 2 aromatic rings. The molecule has 0 aliphatic rings. The summed E-state index contributed by atoms with van der Waals surface area (Å²) in [5, 5.41) is 7.11. The molecule has 0 radical (unpaired) electrons. The predicted molar refractivity (Wildman–Crippen MR) is 127 cm³/mol. The number of aliphatic imine (C=N–C) groups is 1. The molecule has 0 atom stereocenters. The van der Waals surface area contributed by atoms with Gasteiger partial charge in [0.25, 0.3) is 0 Å². The lowest BCUT2D eigenvalue weighted by atomic mass is 10.3. The van der Waals surface area contributed by atoms with Gasteiger partial charge >= 0.3 is 0 Å². The van der Waals surface area contributed by atoms with Crippen molar-refractivity contribution < 1.29 is 4.79 Å². The number of likely N-dealkylation sites (N-methyl/N-ethyl adjacent to an activating group) is 1. The summed E-state index contributed by atoms with van der Waals surface area (Å²) < 4.78 is 0. The highest BCUT2D eigenvalue weighted by Crippen LogP contribution is 2.19. The number of carbonyl (C=O) groups excluding carboxylic acids is 1. The Labute approximate surface area is 187 Å². The van der Waals surface area contributed by atoms with Gasteiger partial charge in [0.1, 0.15) is 5.82 Å². The van der Waals surface area contributed by atoms with Crippen LogP contribution in [-0.4, -0.2) is 68.8 Å². The summed E-state index contributed by atoms with van der Waals surface area (Å²) in [7, 11) is 7.37. The Balaban J connectivity index is 1.94. The summed E-state index contributed by atoms with van der Waals surface area (Å²) in [6.45, 7) is 1.28. The number of amides is 1. The lowest BCUT2D eigenvalue weighted by Gasteiger charge is -2.15. The highest BCUT2D eigenvalue weighted by Gasteiger charge is 2.07. The molecular formula is C21H29ClN6OS. The SMILES string of the molecule is CN(C)C(=O)CNC(=NCc1cccc(N(C)C)n1)NCCSc1ccc(Cl)cc1. The predicted octanol–water partition coefficient (Wildman–Crippen LogP) is 2.72. The number of halogens is 1. The van der Waals surface area contributed by atoms with Crippen molar-refractivity contribution in [2.24, 2.45) is 4.99 Å². The quantitative estimate of drug-likeness (QED) is 0.266. The largest absolute Gasteiger partial charge is 0.363 e. The van der Waals surface area contributed by atoms with E-state index >= 15 is 0 Å². The summed E-state index contributed by atoms with van der Waals surface area (Å²) >= 11 is 7.65. The fraction of sp³-hybridized carbons (Fsp3) is 0.381.